The molecule has 1 fully saturated rings. The van der Waals surface area contributed by atoms with Gasteiger partial charge < -0.3 is 4.74 Å². The van der Waals surface area contributed by atoms with Gasteiger partial charge in [0.25, 0.3) is 0 Å². The Balaban J connectivity index is 2.40. The number of Topliss-reactive ketones (excluding diaryl/α,β-unsaturated/α-hetero) is 1. The molecule has 1 saturated heterocycles. The van der Waals surface area contributed by atoms with Crippen molar-refractivity contribution in [3.05, 3.63) is 0 Å². The molecule has 1 aliphatic heterocycles. The van der Waals surface area contributed by atoms with Gasteiger partial charge in [-0.3, -0.25) is 4.79 Å². The van der Waals surface area contributed by atoms with Crippen molar-refractivity contribution >= 4 is 5.78 Å². The van der Waals surface area contributed by atoms with Crippen molar-refractivity contribution in [3.63, 3.8) is 0 Å². The van der Waals surface area contributed by atoms with Crippen LogP contribution < -0.4 is 0 Å². The second-order valence-electron chi connectivity index (χ2n) is 4.87. The first-order valence-electron chi connectivity index (χ1n) is 5.72. The zero-order valence-corrected chi connectivity index (χ0v) is 9.64. The Morgan fingerprint density at radius 2 is 2.21 bits per heavy atom. The third kappa shape index (κ3) is 3.41. The van der Waals surface area contributed by atoms with Crippen LogP contribution in [0.25, 0.3) is 0 Å². The minimum absolute atomic E-state index is 0.0925. The van der Waals surface area contributed by atoms with E-state index < -0.39 is 0 Å². The van der Waals surface area contributed by atoms with Crippen molar-refractivity contribution in [2.45, 2.75) is 58.5 Å². The Morgan fingerprint density at radius 1 is 1.50 bits per heavy atom. The van der Waals surface area contributed by atoms with E-state index in [2.05, 4.69) is 20.8 Å². The molecule has 0 spiro atoms. The van der Waals surface area contributed by atoms with Crippen LogP contribution >= 0.6 is 0 Å². The van der Waals surface area contributed by atoms with Crippen molar-refractivity contribution in [2.75, 3.05) is 6.61 Å². The number of hydrogen-bond acceptors (Lipinski definition) is 2. The molecule has 0 aliphatic carbocycles. The normalized spacial score (nSPS) is 26.1. The lowest BCUT2D eigenvalue weighted by molar-refractivity contribution is -0.133. The number of rotatable bonds is 4. The second-order valence-corrected chi connectivity index (χ2v) is 4.87. The molecule has 0 radical (unpaired) electrons. The maximum absolute atomic E-state index is 11.8. The fourth-order valence-electron chi connectivity index (χ4n) is 2.06. The van der Waals surface area contributed by atoms with Gasteiger partial charge in [0.05, 0.1) is 5.60 Å². The second kappa shape index (κ2) is 4.92. The predicted octanol–water partition coefficient (Wildman–Crippen LogP) is 2.95. The predicted molar refractivity (Wildman–Crippen MR) is 57.3 cm³/mol. The van der Waals surface area contributed by atoms with Crippen LogP contribution in [0.2, 0.25) is 0 Å². The monoisotopic (exact) mass is 198 g/mol. The maximum atomic E-state index is 11.8. The number of carbonyl (C=O) groups is 1. The number of ketones is 1. The summed E-state index contributed by atoms with van der Waals surface area (Å²) >= 11 is 0. The average Bonchev–Trinajstić information content (AvgIpc) is 2.12. The molecule has 0 unspecified atom stereocenters. The largest absolute Gasteiger partial charge is 0.376 e. The number of unbranched alkanes of at least 4 members (excludes halogenated alkanes) is 1. The quantitative estimate of drug-likeness (QED) is 0.694. The summed E-state index contributed by atoms with van der Waals surface area (Å²) in [5.41, 5.74) is -0.0925. The van der Waals surface area contributed by atoms with Crippen LogP contribution in [0.15, 0.2) is 0 Å². The molecule has 0 aromatic heterocycles. The van der Waals surface area contributed by atoms with E-state index in [-0.39, 0.29) is 11.5 Å². The SMILES string of the molecule is CCCCC(=O)[C@@H]1CCOC(C)(C)C1. The van der Waals surface area contributed by atoms with Crippen molar-refractivity contribution in [1.29, 1.82) is 0 Å². The molecule has 82 valence electrons. The summed E-state index contributed by atoms with van der Waals surface area (Å²) in [6.45, 7) is 7.02. The summed E-state index contributed by atoms with van der Waals surface area (Å²) in [5.74, 6) is 0.702. The van der Waals surface area contributed by atoms with E-state index in [0.717, 1.165) is 38.7 Å². The molecule has 0 bridgehead atoms. The molecule has 0 N–H and O–H groups in total. The summed E-state index contributed by atoms with van der Waals surface area (Å²) in [7, 11) is 0. The molecule has 0 aromatic carbocycles. The van der Waals surface area contributed by atoms with E-state index in [1.54, 1.807) is 0 Å². The van der Waals surface area contributed by atoms with Crippen molar-refractivity contribution in [2.24, 2.45) is 5.92 Å². The van der Waals surface area contributed by atoms with Gasteiger partial charge in [-0.1, -0.05) is 13.3 Å². The van der Waals surface area contributed by atoms with Gasteiger partial charge in [-0.2, -0.15) is 0 Å². The summed E-state index contributed by atoms with van der Waals surface area (Å²) in [5, 5.41) is 0. The highest BCUT2D eigenvalue weighted by Gasteiger charge is 2.32. The number of hydrogen-bond donors (Lipinski definition) is 0. The minimum atomic E-state index is -0.0925. The maximum Gasteiger partial charge on any atom is 0.136 e. The lowest BCUT2D eigenvalue weighted by Gasteiger charge is -2.34. The van der Waals surface area contributed by atoms with E-state index in [4.69, 9.17) is 4.74 Å². The zero-order chi connectivity index (χ0) is 10.6. The lowest BCUT2D eigenvalue weighted by atomic mass is 9.84. The molecule has 0 amide bonds. The van der Waals surface area contributed by atoms with E-state index in [0.29, 0.717) is 5.78 Å². The van der Waals surface area contributed by atoms with Crippen LogP contribution in [-0.2, 0) is 9.53 Å². The minimum Gasteiger partial charge on any atom is -0.376 e. The molecule has 1 rings (SSSR count). The van der Waals surface area contributed by atoms with E-state index in [1.807, 2.05) is 0 Å². The summed E-state index contributed by atoms with van der Waals surface area (Å²) < 4.78 is 5.60. The van der Waals surface area contributed by atoms with Gasteiger partial charge in [0, 0.05) is 18.9 Å². The highest BCUT2D eigenvalue weighted by atomic mass is 16.5. The van der Waals surface area contributed by atoms with Crippen LogP contribution in [0.1, 0.15) is 52.9 Å². The van der Waals surface area contributed by atoms with Gasteiger partial charge in [0.15, 0.2) is 0 Å². The lowest BCUT2D eigenvalue weighted by Crippen LogP contribution is -2.37. The first-order chi connectivity index (χ1) is 6.55. The Bertz CT molecular complexity index is 196. The first kappa shape index (κ1) is 11.7. The van der Waals surface area contributed by atoms with Gasteiger partial charge in [0.2, 0.25) is 0 Å². The summed E-state index contributed by atoms with van der Waals surface area (Å²) in [6, 6.07) is 0. The Morgan fingerprint density at radius 3 is 2.79 bits per heavy atom. The standard InChI is InChI=1S/C12H22O2/c1-4-5-6-11(13)10-7-8-14-12(2,3)9-10/h10H,4-9H2,1-3H3/t10-/m1/s1. The third-order valence-corrected chi connectivity index (χ3v) is 2.93. The summed E-state index contributed by atoms with van der Waals surface area (Å²) in [4.78, 5) is 11.8. The Labute approximate surface area is 87.0 Å². The van der Waals surface area contributed by atoms with E-state index in [1.165, 1.54) is 0 Å². The highest BCUT2D eigenvalue weighted by Crippen LogP contribution is 2.29. The van der Waals surface area contributed by atoms with Gasteiger partial charge >= 0.3 is 0 Å². The van der Waals surface area contributed by atoms with Crippen molar-refractivity contribution < 1.29 is 9.53 Å². The molecule has 0 saturated carbocycles. The fourth-order valence-corrected chi connectivity index (χ4v) is 2.06. The molecule has 1 atom stereocenters. The zero-order valence-electron chi connectivity index (χ0n) is 9.64. The van der Waals surface area contributed by atoms with Crippen LogP contribution in [0.3, 0.4) is 0 Å². The molecule has 2 heteroatoms. The van der Waals surface area contributed by atoms with Gasteiger partial charge in [-0.15, -0.1) is 0 Å². The molecule has 1 aliphatic rings. The number of ether oxygens (including phenoxy) is 1. The van der Waals surface area contributed by atoms with Crippen LogP contribution in [0.5, 0.6) is 0 Å². The molecule has 14 heavy (non-hydrogen) atoms. The first-order valence-corrected chi connectivity index (χ1v) is 5.72. The van der Waals surface area contributed by atoms with E-state index in [9.17, 15) is 4.79 Å². The molecule has 0 aromatic rings. The molecular weight excluding hydrogens is 176 g/mol. The van der Waals surface area contributed by atoms with Crippen LogP contribution in [0, 0.1) is 5.92 Å². The summed E-state index contributed by atoms with van der Waals surface area (Å²) in [6.07, 6.45) is 4.73. The van der Waals surface area contributed by atoms with Crippen molar-refractivity contribution in [1.82, 2.24) is 0 Å². The van der Waals surface area contributed by atoms with Gasteiger partial charge in [-0.05, 0) is 33.1 Å². The molecule has 2 nitrogen and oxygen atoms in total. The van der Waals surface area contributed by atoms with Crippen LogP contribution in [0.4, 0.5) is 0 Å². The fraction of sp³-hybridized carbons (Fsp3) is 0.917. The van der Waals surface area contributed by atoms with Crippen LogP contribution in [-0.4, -0.2) is 18.0 Å². The number of carbonyl (C=O) groups excluding carboxylic acids is 1. The van der Waals surface area contributed by atoms with Gasteiger partial charge in [0.1, 0.15) is 5.78 Å². The highest BCUT2D eigenvalue weighted by molar-refractivity contribution is 5.81. The third-order valence-electron chi connectivity index (χ3n) is 2.93. The Hall–Kier alpha value is -0.370. The Kier molecular flexibility index (Phi) is 4.11. The topological polar surface area (TPSA) is 26.3 Å². The van der Waals surface area contributed by atoms with E-state index >= 15 is 0 Å². The van der Waals surface area contributed by atoms with Gasteiger partial charge in [-0.25, -0.2) is 0 Å². The smallest absolute Gasteiger partial charge is 0.136 e. The molecule has 1 heterocycles. The average molecular weight is 198 g/mol. The molecular formula is C12H22O2. The van der Waals surface area contributed by atoms with Crippen molar-refractivity contribution in [3.8, 4) is 0 Å².